The lowest BCUT2D eigenvalue weighted by molar-refractivity contribution is -0.128. The summed E-state index contributed by atoms with van der Waals surface area (Å²) in [4.78, 5) is 14.2. The lowest BCUT2D eigenvalue weighted by Crippen LogP contribution is -2.33. The Morgan fingerprint density at radius 1 is 1.22 bits per heavy atom. The summed E-state index contributed by atoms with van der Waals surface area (Å²) in [6, 6.07) is 7.69. The first-order valence-electron chi connectivity index (χ1n) is 7.72. The standard InChI is InChI=1S/C16H18BrN3O2S/c17-13-7-5-6-12(10-13)15-18-19-16(22-15)23-11-14(21)20-8-3-1-2-4-9-20/h5-7,10H,1-4,8-9,11H2. The van der Waals surface area contributed by atoms with Gasteiger partial charge in [-0.3, -0.25) is 4.79 Å². The van der Waals surface area contributed by atoms with Gasteiger partial charge in [0.05, 0.1) is 5.75 Å². The molecule has 122 valence electrons. The van der Waals surface area contributed by atoms with Crippen molar-refractivity contribution in [2.75, 3.05) is 18.8 Å². The minimum Gasteiger partial charge on any atom is -0.411 e. The highest BCUT2D eigenvalue weighted by molar-refractivity contribution is 9.10. The molecule has 1 aromatic carbocycles. The summed E-state index contributed by atoms with van der Waals surface area (Å²) in [5.41, 5.74) is 0.859. The summed E-state index contributed by atoms with van der Waals surface area (Å²) in [6.07, 6.45) is 4.64. The summed E-state index contributed by atoms with van der Waals surface area (Å²) >= 11 is 4.73. The van der Waals surface area contributed by atoms with Crippen LogP contribution in [-0.2, 0) is 4.79 Å². The molecule has 1 amide bonds. The Kier molecular flexibility index (Phi) is 5.72. The van der Waals surface area contributed by atoms with Crippen LogP contribution in [0.3, 0.4) is 0 Å². The minimum absolute atomic E-state index is 0.152. The Labute approximate surface area is 148 Å². The fourth-order valence-electron chi connectivity index (χ4n) is 2.54. The number of amides is 1. The number of aromatic nitrogens is 2. The molecule has 5 nitrogen and oxygen atoms in total. The normalized spacial score (nSPS) is 15.4. The first kappa shape index (κ1) is 16.5. The molecule has 3 rings (SSSR count). The average Bonchev–Trinajstić information content (AvgIpc) is 2.86. The van der Waals surface area contributed by atoms with Crippen molar-refractivity contribution in [2.45, 2.75) is 30.9 Å². The number of carbonyl (C=O) groups is 1. The largest absolute Gasteiger partial charge is 0.411 e. The third-order valence-electron chi connectivity index (χ3n) is 3.76. The van der Waals surface area contributed by atoms with Gasteiger partial charge in [0.15, 0.2) is 0 Å². The zero-order chi connectivity index (χ0) is 16.1. The monoisotopic (exact) mass is 395 g/mol. The summed E-state index contributed by atoms with van der Waals surface area (Å²) in [5, 5.41) is 8.50. The molecule has 7 heteroatoms. The molecule has 0 spiro atoms. The Balaban J connectivity index is 1.57. The molecule has 0 radical (unpaired) electrons. The Bertz CT molecular complexity index is 669. The van der Waals surface area contributed by atoms with Crippen LogP contribution in [0.2, 0.25) is 0 Å². The quantitative estimate of drug-likeness (QED) is 0.732. The van der Waals surface area contributed by atoms with Crippen molar-refractivity contribution in [1.29, 1.82) is 0 Å². The molecular weight excluding hydrogens is 378 g/mol. The number of halogens is 1. The Hall–Kier alpha value is -1.34. The number of benzene rings is 1. The summed E-state index contributed by atoms with van der Waals surface area (Å²) in [7, 11) is 0. The van der Waals surface area contributed by atoms with E-state index in [1.807, 2.05) is 29.2 Å². The van der Waals surface area contributed by atoms with Crippen molar-refractivity contribution in [2.24, 2.45) is 0 Å². The maximum Gasteiger partial charge on any atom is 0.277 e. The summed E-state index contributed by atoms with van der Waals surface area (Å²) in [6.45, 7) is 1.74. The predicted octanol–water partition coefficient (Wildman–Crippen LogP) is 3.99. The van der Waals surface area contributed by atoms with Gasteiger partial charge < -0.3 is 9.32 Å². The first-order chi connectivity index (χ1) is 11.2. The second kappa shape index (κ2) is 7.97. The zero-order valence-electron chi connectivity index (χ0n) is 12.7. The van der Waals surface area contributed by atoms with Gasteiger partial charge in [-0.15, -0.1) is 10.2 Å². The van der Waals surface area contributed by atoms with E-state index < -0.39 is 0 Å². The summed E-state index contributed by atoms with van der Waals surface area (Å²) < 4.78 is 6.59. The molecule has 1 aliphatic rings. The maximum absolute atomic E-state index is 12.3. The van der Waals surface area contributed by atoms with Crippen LogP contribution in [0.15, 0.2) is 38.4 Å². The highest BCUT2D eigenvalue weighted by atomic mass is 79.9. The highest BCUT2D eigenvalue weighted by Gasteiger charge is 2.17. The lowest BCUT2D eigenvalue weighted by atomic mass is 10.2. The molecular formula is C16H18BrN3O2S. The van der Waals surface area contributed by atoms with Crippen LogP contribution < -0.4 is 0 Å². The van der Waals surface area contributed by atoms with Crippen LogP contribution in [0.4, 0.5) is 0 Å². The van der Waals surface area contributed by atoms with Crippen LogP contribution >= 0.6 is 27.7 Å². The van der Waals surface area contributed by atoms with Crippen LogP contribution in [0.25, 0.3) is 11.5 Å². The fourth-order valence-corrected chi connectivity index (χ4v) is 3.61. The van der Waals surface area contributed by atoms with Gasteiger partial charge in [-0.25, -0.2) is 0 Å². The topological polar surface area (TPSA) is 59.2 Å². The molecule has 0 N–H and O–H groups in total. The molecule has 23 heavy (non-hydrogen) atoms. The minimum atomic E-state index is 0.152. The number of thioether (sulfide) groups is 1. The molecule has 0 bridgehead atoms. The molecule has 1 aliphatic heterocycles. The fraction of sp³-hybridized carbons (Fsp3) is 0.438. The average molecular weight is 396 g/mol. The van der Waals surface area contributed by atoms with Crippen molar-refractivity contribution in [3.8, 4) is 11.5 Å². The van der Waals surface area contributed by atoms with E-state index in [2.05, 4.69) is 26.1 Å². The van der Waals surface area contributed by atoms with Gasteiger partial charge in [0, 0.05) is 23.1 Å². The van der Waals surface area contributed by atoms with Crippen LogP contribution in [-0.4, -0.2) is 39.8 Å². The smallest absolute Gasteiger partial charge is 0.277 e. The first-order valence-corrected chi connectivity index (χ1v) is 9.50. The third-order valence-corrected chi connectivity index (χ3v) is 5.05. The van der Waals surface area contributed by atoms with E-state index in [1.54, 1.807) is 0 Å². The molecule has 2 heterocycles. The Morgan fingerprint density at radius 2 is 2.00 bits per heavy atom. The number of carbonyl (C=O) groups excluding carboxylic acids is 1. The van der Waals surface area contributed by atoms with E-state index in [-0.39, 0.29) is 5.91 Å². The van der Waals surface area contributed by atoms with Gasteiger partial charge >= 0.3 is 0 Å². The molecule has 0 aliphatic carbocycles. The zero-order valence-corrected chi connectivity index (χ0v) is 15.1. The van der Waals surface area contributed by atoms with Crippen molar-refractivity contribution >= 4 is 33.6 Å². The molecule has 0 saturated carbocycles. The van der Waals surface area contributed by atoms with E-state index in [1.165, 1.54) is 24.6 Å². The molecule has 2 aromatic rings. The molecule has 1 fully saturated rings. The summed E-state index contributed by atoms with van der Waals surface area (Å²) in [5.74, 6) is 0.968. The van der Waals surface area contributed by atoms with E-state index in [9.17, 15) is 4.79 Å². The maximum atomic E-state index is 12.3. The SMILES string of the molecule is O=C(CSc1nnc(-c2cccc(Br)c2)o1)N1CCCCCC1. The number of likely N-dealkylation sites (tertiary alicyclic amines) is 1. The molecule has 1 saturated heterocycles. The molecule has 1 aromatic heterocycles. The number of hydrogen-bond acceptors (Lipinski definition) is 5. The number of rotatable bonds is 4. The van der Waals surface area contributed by atoms with E-state index in [0.29, 0.717) is 16.9 Å². The van der Waals surface area contributed by atoms with Crippen molar-refractivity contribution < 1.29 is 9.21 Å². The third kappa shape index (κ3) is 4.57. The van der Waals surface area contributed by atoms with Crippen molar-refractivity contribution in [3.63, 3.8) is 0 Å². The number of nitrogens with zero attached hydrogens (tertiary/aromatic N) is 3. The number of hydrogen-bond donors (Lipinski definition) is 0. The van der Waals surface area contributed by atoms with Gasteiger partial charge in [0.25, 0.3) is 5.22 Å². The lowest BCUT2D eigenvalue weighted by Gasteiger charge is -2.19. The van der Waals surface area contributed by atoms with Gasteiger partial charge in [0.1, 0.15) is 0 Å². The van der Waals surface area contributed by atoms with E-state index in [4.69, 9.17) is 4.42 Å². The molecule has 0 atom stereocenters. The Morgan fingerprint density at radius 3 is 2.74 bits per heavy atom. The predicted molar refractivity (Wildman–Crippen MR) is 93.2 cm³/mol. The van der Waals surface area contributed by atoms with Gasteiger partial charge in [0.2, 0.25) is 11.8 Å². The second-order valence-corrected chi connectivity index (χ2v) is 7.31. The van der Waals surface area contributed by atoms with Gasteiger partial charge in [-0.2, -0.15) is 0 Å². The van der Waals surface area contributed by atoms with Gasteiger partial charge in [-0.05, 0) is 31.0 Å². The highest BCUT2D eigenvalue weighted by Crippen LogP contribution is 2.25. The molecule has 0 unspecified atom stereocenters. The van der Waals surface area contributed by atoms with Crippen LogP contribution in [0, 0.1) is 0 Å². The van der Waals surface area contributed by atoms with Crippen LogP contribution in [0.1, 0.15) is 25.7 Å². The van der Waals surface area contributed by atoms with Crippen LogP contribution in [0.5, 0.6) is 0 Å². The van der Waals surface area contributed by atoms with E-state index >= 15 is 0 Å². The van der Waals surface area contributed by atoms with Gasteiger partial charge in [-0.1, -0.05) is 46.6 Å². The second-order valence-electron chi connectivity index (χ2n) is 5.47. The van der Waals surface area contributed by atoms with Crippen molar-refractivity contribution in [1.82, 2.24) is 15.1 Å². The van der Waals surface area contributed by atoms with E-state index in [0.717, 1.165) is 36.0 Å². The van der Waals surface area contributed by atoms with Crippen molar-refractivity contribution in [3.05, 3.63) is 28.7 Å².